The highest BCUT2D eigenvalue weighted by Crippen LogP contribution is 2.55. The first-order chi connectivity index (χ1) is 20.7. The van der Waals surface area contributed by atoms with Crippen molar-refractivity contribution in [2.24, 2.45) is 41.2 Å². The Morgan fingerprint density at radius 3 is 2.27 bits per heavy atom. The van der Waals surface area contributed by atoms with Crippen LogP contribution in [0.2, 0.25) is 0 Å². The molecule has 1 aromatic rings. The molecule has 4 aliphatic carbocycles. The average Bonchev–Trinajstić information content (AvgIpc) is 2.96. The molecule has 3 unspecified atom stereocenters. The first-order valence-electron chi connectivity index (χ1n) is 16.1. The number of benzene rings is 1. The zero-order valence-corrected chi connectivity index (χ0v) is 26.3. The predicted molar refractivity (Wildman–Crippen MR) is 161 cm³/mol. The van der Waals surface area contributed by atoms with Crippen molar-refractivity contribution < 1.29 is 39.3 Å². The molecule has 0 heterocycles. The molecule has 0 aliphatic heterocycles. The standard InChI is InChI=1S/C34H46N2O8/c1-6-7-8-19(17-11-9-15(2)10-12-17)20-14-13-18-16(3)21-23(28(38)22(18)27(20)37)31(41)34(44)25(29(21)39)26(36(4)5)30(40)24(32(34)42)33(35)43/h13-17,19,21,23-26,29,37,39,44H,6-12H2,1-5H3,(H2,35,43)/t15?,16-,17?,19?,21+,23?,24?,25+,26-,29-,34-/m1/s1. The van der Waals surface area contributed by atoms with Gasteiger partial charge in [-0.15, -0.1) is 0 Å². The summed E-state index contributed by atoms with van der Waals surface area (Å²) >= 11 is 0. The first kappa shape index (κ1) is 32.4. The molecule has 44 heavy (non-hydrogen) atoms. The molecule has 9 atom stereocenters. The number of aromatic hydroxyl groups is 1. The van der Waals surface area contributed by atoms with Gasteiger partial charge in [0.2, 0.25) is 5.91 Å². The maximum atomic E-state index is 14.3. The van der Waals surface area contributed by atoms with Gasteiger partial charge in [-0.2, -0.15) is 0 Å². The molecule has 0 bridgehead atoms. The summed E-state index contributed by atoms with van der Waals surface area (Å²) in [5.74, 6) is -11.8. The van der Waals surface area contributed by atoms with Gasteiger partial charge in [-0.3, -0.25) is 28.9 Å². The van der Waals surface area contributed by atoms with Crippen LogP contribution in [0, 0.1) is 35.5 Å². The number of nitrogens with two attached hydrogens (primary N) is 1. The third kappa shape index (κ3) is 4.67. The predicted octanol–water partition coefficient (Wildman–Crippen LogP) is 2.50. The lowest BCUT2D eigenvalue weighted by molar-refractivity contribution is -0.196. The number of unbranched alkanes of at least 4 members (excludes halogenated alkanes) is 1. The Hall–Kier alpha value is -2.95. The summed E-state index contributed by atoms with van der Waals surface area (Å²) in [6.45, 7) is 6.10. The van der Waals surface area contributed by atoms with Crippen LogP contribution in [0.4, 0.5) is 0 Å². The van der Waals surface area contributed by atoms with E-state index in [2.05, 4.69) is 13.8 Å². The smallest absolute Gasteiger partial charge is 0.235 e. The highest BCUT2D eigenvalue weighted by Gasteiger charge is 2.73. The number of rotatable bonds is 7. The van der Waals surface area contributed by atoms with E-state index in [9.17, 15) is 39.3 Å². The van der Waals surface area contributed by atoms with Crippen LogP contribution in [0.15, 0.2) is 12.1 Å². The van der Waals surface area contributed by atoms with Crippen molar-refractivity contribution in [2.75, 3.05) is 14.1 Å². The first-order valence-corrected chi connectivity index (χ1v) is 16.1. The van der Waals surface area contributed by atoms with E-state index < -0.39 is 76.4 Å². The molecule has 1 amide bonds. The largest absolute Gasteiger partial charge is 0.507 e. The molecule has 0 saturated heterocycles. The number of aliphatic hydroxyl groups excluding tert-OH is 1. The van der Waals surface area contributed by atoms with Crippen molar-refractivity contribution >= 4 is 29.0 Å². The van der Waals surface area contributed by atoms with Gasteiger partial charge >= 0.3 is 0 Å². The van der Waals surface area contributed by atoms with Crippen LogP contribution in [-0.2, 0) is 19.2 Å². The topological polar surface area (TPSA) is 175 Å². The van der Waals surface area contributed by atoms with Crippen molar-refractivity contribution in [1.82, 2.24) is 4.90 Å². The normalized spacial score (nSPS) is 37.8. The van der Waals surface area contributed by atoms with E-state index in [4.69, 9.17) is 5.73 Å². The molecule has 4 aliphatic rings. The molecule has 240 valence electrons. The molecule has 0 aromatic heterocycles. The third-order valence-electron chi connectivity index (χ3n) is 11.4. The number of phenols is 1. The minimum Gasteiger partial charge on any atom is -0.507 e. The number of carbonyl (C=O) groups excluding carboxylic acids is 5. The van der Waals surface area contributed by atoms with Crippen molar-refractivity contribution in [3.8, 4) is 5.75 Å². The molecule has 1 aromatic carbocycles. The molecule has 3 saturated carbocycles. The van der Waals surface area contributed by atoms with Crippen LogP contribution in [0.3, 0.4) is 0 Å². The summed E-state index contributed by atoms with van der Waals surface area (Å²) in [7, 11) is 2.96. The van der Waals surface area contributed by atoms with Gasteiger partial charge in [0.1, 0.15) is 5.75 Å². The van der Waals surface area contributed by atoms with Gasteiger partial charge in [0.05, 0.1) is 29.5 Å². The quantitative estimate of drug-likeness (QED) is 0.338. The van der Waals surface area contributed by atoms with Gasteiger partial charge in [-0.05, 0) is 68.2 Å². The monoisotopic (exact) mass is 610 g/mol. The lowest BCUT2D eigenvalue weighted by atomic mass is 9.49. The zero-order chi connectivity index (χ0) is 32.4. The summed E-state index contributed by atoms with van der Waals surface area (Å²) in [5, 5.41) is 35.5. The van der Waals surface area contributed by atoms with E-state index in [-0.39, 0.29) is 17.2 Å². The lowest BCUT2D eigenvalue weighted by Crippen LogP contribution is -2.77. The summed E-state index contributed by atoms with van der Waals surface area (Å²) in [5.41, 5.74) is 3.53. The van der Waals surface area contributed by atoms with Crippen LogP contribution in [0.5, 0.6) is 5.75 Å². The van der Waals surface area contributed by atoms with Crippen molar-refractivity contribution in [1.29, 1.82) is 0 Å². The zero-order valence-electron chi connectivity index (χ0n) is 26.3. The number of hydrogen-bond acceptors (Lipinski definition) is 9. The Kier molecular flexibility index (Phi) is 8.67. The van der Waals surface area contributed by atoms with Crippen LogP contribution in [0.25, 0.3) is 0 Å². The molecule has 5 N–H and O–H groups in total. The number of phenolic OH excluding ortho intramolecular Hbond substituents is 1. The highest BCUT2D eigenvalue weighted by molar-refractivity contribution is 6.32. The summed E-state index contributed by atoms with van der Waals surface area (Å²) in [6.07, 6.45) is 5.39. The number of ketones is 4. The van der Waals surface area contributed by atoms with Crippen LogP contribution in [0.1, 0.15) is 99.0 Å². The summed E-state index contributed by atoms with van der Waals surface area (Å²) < 4.78 is 0. The Balaban J connectivity index is 1.62. The SMILES string of the molecule is CCCCC(c1ccc2c(c1O)C(=O)C1C(=O)[C@@]3(O)C(=O)C(C(N)=O)C(=O)[C@H](N(C)C)[C@H]3[C@H](O)[C@H]1[C@@H]2C)C1CCC(C)CC1. The van der Waals surface area contributed by atoms with Crippen molar-refractivity contribution in [3.63, 3.8) is 0 Å². The number of likely N-dealkylation sites (N-methyl/N-ethyl adjacent to an activating group) is 1. The van der Waals surface area contributed by atoms with Crippen LogP contribution in [-0.4, -0.2) is 81.1 Å². The highest BCUT2D eigenvalue weighted by atomic mass is 16.3. The fraction of sp³-hybridized carbons (Fsp3) is 0.676. The molecule has 0 radical (unpaired) electrons. The van der Waals surface area contributed by atoms with E-state index in [1.165, 1.54) is 19.0 Å². The number of aliphatic hydroxyl groups is 2. The van der Waals surface area contributed by atoms with Crippen LogP contribution >= 0.6 is 0 Å². The number of nitrogens with zero attached hydrogens (tertiary/aromatic N) is 1. The number of hydrogen-bond donors (Lipinski definition) is 4. The van der Waals surface area contributed by atoms with Crippen molar-refractivity contribution in [2.45, 2.75) is 95.3 Å². The second-order valence-electron chi connectivity index (χ2n) is 14.1. The fourth-order valence-corrected chi connectivity index (χ4v) is 9.06. The van der Waals surface area contributed by atoms with E-state index in [0.717, 1.165) is 44.9 Å². The van der Waals surface area contributed by atoms with Gasteiger partial charge in [0.25, 0.3) is 0 Å². The van der Waals surface area contributed by atoms with E-state index in [1.54, 1.807) is 13.0 Å². The molecule has 3 fully saturated rings. The second kappa shape index (κ2) is 11.8. The number of fused-ring (bicyclic) bond motifs is 3. The molecule has 10 heteroatoms. The summed E-state index contributed by atoms with van der Waals surface area (Å²) in [6, 6.07) is 2.29. The lowest BCUT2D eigenvalue weighted by Gasteiger charge is -2.56. The van der Waals surface area contributed by atoms with Crippen LogP contribution < -0.4 is 5.73 Å². The Labute approximate surface area is 258 Å². The van der Waals surface area contributed by atoms with E-state index >= 15 is 0 Å². The Morgan fingerprint density at radius 2 is 1.70 bits per heavy atom. The minimum atomic E-state index is -2.99. The Morgan fingerprint density at radius 1 is 1.07 bits per heavy atom. The Bertz CT molecular complexity index is 1380. The summed E-state index contributed by atoms with van der Waals surface area (Å²) in [4.78, 5) is 69.1. The number of amides is 1. The molecule has 10 nitrogen and oxygen atoms in total. The number of Topliss-reactive ketones (excluding diaryl/α,β-unsaturated/α-hetero) is 4. The number of primary amides is 1. The minimum absolute atomic E-state index is 0.0144. The average molecular weight is 611 g/mol. The van der Waals surface area contributed by atoms with E-state index in [0.29, 0.717) is 23.0 Å². The number of carbonyl (C=O) groups is 5. The maximum absolute atomic E-state index is 14.3. The van der Waals surface area contributed by atoms with Gasteiger partial charge in [-0.25, -0.2) is 0 Å². The maximum Gasteiger partial charge on any atom is 0.235 e. The molecular weight excluding hydrogens is 564 g/mol. The van der Waals surface area contributed by atoms with E-state index in [1.807, 2.05) is 6.07 Å². The molecule has 5 rings (SSSR count). The second-order valence-corrected chi connectivity index (χ2v) is 14.1. The molecular formula is C34H46N2O8. The molecule has 0 spiro atoms. The van der Waals surface area contributed by atoms with Gasteiger partial charge in [-0.1, -0.05) is 58.6 Å². The van der Waals surface area contributed by atoms with Gasteiger partial charge in [0.15, 0.2) is 34.7 Å². The van der Waals surface area contributed by atoms with Gasteiger partial charge in [0, 0.05) is 5.92 Å². The third-order valence-corrected chi connectivity index (χ3v) is 11.4. The van der Waals surface area contributed by atoms with Gasteiger partial charge < -0.3 is 21.1 Å². The van der Waals surface area contributed by atoms with Crippen molar-refractivity contribution in [3.05, 3.63) is 28.8 Å². The fourth-order valence-electron chi connectivity index (χ4n) is 9.06.